The van der Waals surface area contributed by atoms with Crippen LogP contribution in [0.5, 0.6) is 0 Å². The van der Waals surface area contributed by atoms with Gasteiger partial charge >= 0.3 is 6.09 Å². The van der Waals surface area contributed by atoms with E-state index in [4.69, 9.17) is 9.47 Å². The van der Waals surface area contributed by atoms with Gasteiger partial charge in [0.1, 0.15) is 5.60 Å². The predicted octanol–water partition coefficient (Wildman–Crippen LogP) is 3.46. The quantitative estimate of drug-likeness (QED) is 0.286. The third-order valence-corrected chi connectivity index (χ3v) is 3.47. The molecule has 160 valence electrons. The van der Waals surface area contributed by atoms with Crippen molar-refractivity contribution in [1.29, 1.82) is 0 Å². The van der Waals surface area contributed by atoms with Crippen molar-refractivity contribution in [2.24, 2.45) is 4.99 Å². The van der Waals surface area contributed by atoms with E-state index in [1.807, 2.05) is 65.0 Å². The third-order valence-electron chi connectivity index (χ3n) is 3.47. The Morgan fingerprint density at radius 2 is 1.82 bits per heavy atom. The molecule has 0 heterocycles. The molecule has 0 bridgehead atoms. The Morgan fingerprint density at radius 3 is 2.36 bits per heavy atom. The summed E-state index contributed by atoms with van der Waals surface area (Å²) in [5, 5.41) is 9.41. The van der Waals surface area contributed by atoms with E-state index < -0.39 is 11.7 Å². The van der Waals surface area contributed by atoms with Gasteiger partial charge in [0.05, 0.1) is 19.2 Å². The van der Waals surface area contributed by atoms with E-state index in [2.05, 4.69) is 20.9 Å². The van der Waals surface area contributed by atoms with Gasteiger partial charge in [-0.15, -0.1) is 24.0 Å². The van der Waals surface area contributed by atoms with E-state index in [-0.39, 0.29) is 36.1 Å². The van der Waals surface area contributed by atoms with Gasteiger partial charge in [-0.25, -0.2) is 4.79 Å². The number of aliphatic imine (C=N–C) groups is 1. The van der Waals surface area contributed by atoms with Crippen LogP contribution in [0, 0.1) is 0 Å². The lowest BCUT2D eigenvalue weighted by Gasteiger charge is -2.24. The van der Waals surface area contributed by atoms with Crippen LogP contribution in [-0.4, -0.2) is 50.5 Å². The fourth-order valence-corrected chi connectivity index (χ4v) is 2.40. The lowest BCUT2D eigenvalue weighted by Crippen LogP contribution is -2.44. The molecule has 1 aromatic carbocycles. The molecule has 0 aliphatic rings. The Balaban J connectivity index is 0.00000729. The van der Waals surface area contributed by atoms with E-state index in [1.165, 1.54) is 0 Å². The van der Waals surface area contributed by atoms with Crippen LogP contribution < -0.4 is 16.0 Å². The minimum Gasteiger partial charge on any atom is -0.444 e. The Labute approximate surface area is 186 Å². The maximum Gasteiger partial charge on any atom is 0.408 e. The zero-order valence-corrected chi connectivity index (χ0v) is 20.1. The summed E-state index contributed by atoms with van der Waals surface area (Å²) < 4.78 is 10.6. The number of hydrogen-bond acceptors (Lipinski definition) is 4. The van der Waals surface area contributed by atoms with Crippen LogP contribution in [0.15, 0.2) is 35.3 Å². The monoisotopic (exact) mass is 506 g/mol. The highest BCUT2D eigenvalue weighted by atomic mass is 127. The number of methoxy groups -OCH3 is 1. The highest BCUT2D eigenvalue weighted by molar-refractivity contribution is 14.0. The number of amides is 1. The summed E-state index contributed by atoms with van der Waals surface area (Å²) in [6.07, 6.45) is -0.461. The van der Waals surface area contributed by atoms with Gasteiger partial charge in [0.2, 0.25) is 0 Å². The Hall–Kier alpha value is -1.55. The molecule has 2 atom stereocenters. The molecule has 0 aromatic heterocycles. The topological polar surface area (TPSA) is 84.0 Å². The van der Waals surface area contributed by atoms with Crippen LogP contribution in [0.25, 0.3) is 0 Å². The first-order valence-corrected chi connectivity index (χ1v) is 9.33. The second-order valence-electron chi connectivity index (χ2n) is 7.33. The normalized spacial score (nSPS) is 13.7. The largest absolute Gasteiger partial charge is 0.444 e. The van der Waals surface area contributed by atoms with Gasteiger partial charge in [0, 0.05) is 19.7 Å². The summed E-state index contributed by atoms with van der Waals surface area (Å²) in [4.78, 5) is 16.9. The average molecular weight is 506 g/mol. The molecule has 7 nitrogen and oxygen atoms in total. The van der Waals surface area contributed by atoms with Gasteiger partial charge in [-0.2, -0.15) is 0 Å². The van der Waals surface area contributed by atoms with Crippen molar-refractivity contribution in [3.63, 3.8) is 0 Å². The van der Waals surface area contributed by atoms with E-state index >= 15 is 0 Å². The number of hydrogen-bond donors (Lipinski definition) is 3. The minimum atomic E-state index is -0.555. The van der Waals surface area contributed by atoms with Crippen molar-refractivity contribution in [1.82, 2.24) is 16.0 Å². The average Bonchev–Trinajstić information content (AvgIpc) is 2.58. The molecule has 0 radical (unpaired) electrons. The first kappa shape index (κ1) is 26.4. The van der Waals surface area contributed by atoms with Crippen LogP contribution in [0.4, 0.5) is 4.79 Å². The maximum atomic E-state index is 12.2. The van der Waals surface area contributed by atoms with E-state index in [1.54, 1.807) is 7.11 Å². The molecule has 1 aromatic rings. The minimum absolute atomic E-state index is 0. The number of guanidine groups is 1. The van der Waals surface area contributed by atoms with E-state index in [9.17, 15) is 4.79 Å². The zero-order chi connectivity index (χ0) is 20.3. The first-order chi connectivity index (χ1) is 12.7. The smallest absolute Gasteiger partial charge is 0.408 e. The van der Waals surface area contributed by atoms with Crippen molar-refractivity contribution in [2.45, 2.75) is 52.3 Å². The molecule has 0 aliphatic carbocycles. The van der Waals surface area contributed by atoms with Crippen molar-refractivity contribution in [3.8, 4) is 0 Å². The predicted molar refractivity (Wildman–Crippen MR) is 124 cm³/mol. The summed E-state index contributed by atoms with van der Waals surface area (Å²) in [7, 11) is 1.67. The summed E-state index contributed by atoms with van der Waals surface area (Å²) >= 11 is 0. The summed E-state index contributed by atoms with van der Waals surface area (Å²) in [5.74, 6) is 0.675. The molecular weight excluding hydrogens is 471 g/mol. The van der Waals surface area contributed by atoms with Gasteiger partial charge in [-0.3, -0.25) is 4.99 Å². The number of benzene rings is 1. The van der Waals surface area contributed by atoms with Crippen LogP contribution in [-0.2, 0) is 9.47 Å². The van der Waals surface area contributed by atoms with Crippen LogP contribution in [0.1, 0.15) is 46.2 Å². The van der Waals surface area contributed by atoms with Gasteiger partial charge < -0.3 is 25.4 Å². The third kappa shape index (κ3) is 11.3. The molecule has 1 rings (SSSR count). The molecule has 28 heavy (non-hydrogen) atoms. The fourth-order valence-electron chi connectivity index (χ4n) is 2.40. The van der Waals surface area contributed by atoms with Gasteiger partial charge in [0.15, 0.2) is 5.96 Å². The highest BCUT2D eigenvalue weighted by Crippen LogP contribution is 2.15. The SMILES string of the molecule is CCNC(=NCC(NC(=O)OC(C)(C)C)c1ccccc1)NC(C)COC.I. The summed E-state index contributed by atoms with van der Waals surface area (Å²) in [6.45, 7) is 11.2. The van der Waals surface area contributed by atoms with Crippen LogP contribution in [0.2, 0.25) is 0 Å². The molecule has 0 saturated carbocycles. The Kier molecular flexibility index (Phi) is 12.8. The molecule has 8 heteroatoms. The lowest BCUT2D eigenvalue weighted by atomic mass is 10.1. The number of alkyl carbamates (subject to hydrolysis) is 1. The second kappa shape index (κ2) is 13.6. The van der Waals surface area contributed by atoms with Crippen LogP contribution in [0.3, 0.4) is 0 Å². The number of carbonyl (C=O) groups is 1. The fraction of sp³-hybridized carbons (Fsp3) is 0.600. The lowest BCUT2D eigenvalue weighted by molar-refractivity contribution is 0.0505. The van der Waals surface area contributed by atoms with Gasteiger partial charge in [-0.1, -0.05) is 30.3 Å². The number of rotatable bonds is 8. The van der Waals surface area contributed by atoms with Crippen molar-refractivity contribution in [3.05, 3.63) is 35.9 Å². The second-order valence-corrected chi connectivity index (χ2v) is 7.33. The highest BCUT2D eigenvalue weighted by Gasteiger charge is 2.20. The van der Waals surface area contributed by atoms with E-state index in [0.29, 0.717) is 19.1 Å². The summed E-state index contributed by atoms with van der Waals surface area (Å²) in [5.41, 5.74) is 0.411. The van der Waals surface area contributed by atoms with Crippen molar-refractivity contribution in [2.75, 3.05) is 26.8 Å². The Morgan fingerprint density at radius 1 is 1.18 bits per heavy atom. The molecule has 0 spiro atoms. The van der Waals surface area contributed by atoms with Gasteiger partial charge in [-0.05, 0) is 40.2 Å². The molecule has 0 aliphatic heterocycles. The van der Waals surface area contributed by atoms with Crippen LogP contribution >= 0.6 is 24.0 Å². The maximum absolute atomic E-state index is 12.2. The number of halogens is 1. The standard InChI is InChI=1S/C20H34N4O3.HI/c1-7-21-18(23-15(2)14-26-6)22-13-17(16-11-9-8-10-12-16)24-19(25)27-20(3,4)5;/h8-12,15,17H,7,13-14H2,1-6H3,(H,24,25)(H2,21,22,23);1H. The number of carbonyl (C=O) groups excluding carboxylic acids is 1. The molecule has 0 fully saturated rings. The van der Waals surface area contributed by atoms with Crippen molar-refractivity contribution < 1.29 is 14.3 Å². The van der Waals surface area contributed by atoms with Gasteiger partial charge in [0.25, 0.3) is 0 Å². The number of ether oxygens (including phenoxy) is 2. The molecular formula is C20H35IN4O3. The molecule has 0 saturated heterocycles. The Bertz CT molecular complexity index is 591. The molecule has 3 N–H and O–H groups in total. The summed E-state index contributed by atoms with van der Waals surface area (Å²) in [6, 6.07) is 9.56. The van der Waals surface area contributed by atoms with Crippen molar-refractivity contribution >= 4 is 36.0 Å². The number of nitrogens with one attached hydrogen (secondary N) is 3. The zero-order valence-electron chi connectivity index (χ0n) is 17.7. The van der Waals surface area contributed by atoms with E-state index in [0.717, 1.165) is 12.1 Å². The molecule has 1 amide bonds. The number of nitrogens with zero attached hydrogens (tertiary/aromatic N) is 1. The molecule has 2 unspecified atom stereocenters. The first-order valence-electron chi connectivity index (χ1n) is 9.33.